The number of carboxylic acid groups (broad SMARTS) is 1. The quantitative estimate of drug-likeness (QED) is 0.797. The molecule has 0 aliphatic carbocycles. The van der Waals surface area contributed by atoms with Crippen LogP contribution < -0.4 is 5.32 Å². The van der Waals surface area contributed by atoms with Gasteiger partial charge in [0.1, 0.15) is 17.3 Å². The predicted molar refractivity (Wildman–Crippen MR) is 71.6 cm³/mol. The summed E-state index contributed by atoms with van der Waals surface area (Å²) in [5, 5.41) is 20.8. The van der Waals surface area contributed by atoms with Gasteiger partial charge in [0.25, 0.3) is 0 Å². The maximum Gasteiger partial charge on any atom is 0.354 e. The Morgan fingerprint density at radius 3 is 2.71 bits per heavy atom. The van der Waals surface area contributed by atoms with E-state index in [1.165, 1.54) is 18.3 Å². The van der Waals surface area contributed by atoms with E-state index >= 15 is 0 Å². The molecule has 0 radical (unpaired) electrons. The molecule has 0 aliphatic rings. The number of hydrogen-bond acceptors (Lipinski definition) is 4. The number of nitrogens with zero attached hydrogens (tertiary/aromatic N) is 1. The van der Waals surface area contributed by atoms with Crippen LogP contribution in [0.5, 0.6) is 5.75 Å². The van der Waals surface area contributed by atoms with E-state index in [0.29, 0.717) is 0 Å². The molecule has 7 heteroatoms. The van der Waals surface area contributed by atoms with Gasteiger partial charge in [-0.1, -0.05) is 0 Å². The predicted octanol–water partition coefficient (Wildman–Crippen LogP) is 1.81. The van der Waals surface area contributed by atoms with E-state index in [4.69, 9.17) is 5.11 Å². The Labute approximate surface area is 118 Å². The topological polar surface area (TPSA) is 99.5 Å². The first-order valence-corrected chi connectivity index (χ1v) is 5.92. The van der Waals surface area contributed by atoms with E-state index in [1.807, 2.05) is 0 Å². The Bertz CT molecular complexity index is 703. The second-order valence-electron chi connectivity index (χ2n) is 4.23. The Kier molecular flexibility index (Phi) is 4.13. The fourth-order valence-corrected chi connectivity index (χ4v) is 1.70. The largest absolute Gasteiger partial charge is 0.508 e. The molecule has 6 nitrogen and oxygen atoms in total. The number of nitrogens with one attached hydrogen (secondary N) is 1. The fraction of sp³-hybridized carbons (Fsp3) is 0.0714. The van der Waals surface area contributed by atoms with E-state index in [2.05, 4.69) is 10.3 Å². The third kappa shape index (κ3) is 3.75. The first kappa shape index (κ1) is 14.4. The van der Waals surface area contributed by atoms with Crippen molar-refractivity contribution in [2.45, 2.75) is 6.42 Å². The summed E-state index contributed by atoms with van der Waals surface area (Å²) in [7, 11) is 0. The summed E-state index contributed by atoms with van der Waals surface area (Å²) in [6.07, 6.45) is 1.01. The fourth-order valence-electron chi connectivity index (χ4n) is 1.70. The van der Waals surface area contributed by atoms with Crippen LogP contribution in [0, 0.1) is 5.82 Å². The number of benzene rings is 1. The SMILES string of the molecule is O=C(Cc1cc(F)ccc1O)Nc1ccnc(C(=O)O)c1. The molecule has 21 heavy (non-hydrogen) atoms. The number of hydrogen-bond donors (Lipinski definition) is 3. The molecule has 1 amide bonds. The van der Waals surface area contributed by atoms with Gasteiger partial charge in [-0.25, -0.2) is 14.2 Å². The third-order valence-electron chi connectivity index (χ3n) is 2.66. The number of amides is 1. The molecule has 1 aromatic heterocycles. The number of aromatic nitrogens is 1. The van der Waals surface area contributed by atoms with Gasteiger partial charge in [-0.2, -0.15) is 0 Å². The van der Waals surface area contributed by atoms with Crippen molar-refractivity contribution in [1.29, 1.82) is 0 Å². The van der Waals surface area contributed by atoms with E-state index < -0.39 is 17.7 Å². The lowest BCUT2D eigenvalue weighted by Gasteiger charge is -2.07. The molecule has 0 saturated carbocycles. The van der Waals surface area contributed by atoms with Crippen molar-refractivity contribution in [2.24, 2.45) is 0 Å². The highest BCUT2D eigenvalue weighted by Gasteiger charge is 2.11. The number of aromatic hydroxyl groups is 1. The Hall–Kier alpha value is -2.96. The minimum Gasteiger partial charge on any atom is -0.508 e. The van der Waals surface area contributed by atoms with Crippen molar-refractivity contribution in [3.05, 3.63) is 53.6 Å². The standard InChI is InChI=1S/C14H11FN2O4/c15-9-1-2-12(18)8(5-9)6-13(19)17-10-3-4-16-11(7-10)14(20)21/h1-5,7,18H,6H2,(H,20,21)(H,16,17,19). The molecule has 0 saturated heterocycles. The van der Waals surface area contributed by atoms with Crippen molar-refractivity contribution in [2.75, 3.05) is 5.32 Å². The summed E-state index contributed by atoms with van der Waals surface area (Å²) in [5.41, 5.74) is 0.185. The van der Waals surface area contributed by atoms with Gasteiger partial charge in [-0.15, -0.1) is 0 Å². The summed E-state index contributed by atoms with van der Waals surface area (Å²) < 4.78 is 13.0. The number of rotatable bonds is 4. The number of carbonyl (C=O) groups is 2. The molecular weight excluding hydrogens is 279 g/mol. The monoisotopic (exact) mass is 290 g/mol. The number of aromatic carboxylic acids is 1. The molecule has 0 fully saturated rings. The molecule has 3 N–H and O–H groups in total. The molecule has 108 valence electrons. The number of anilines is 1. The van der Waals surface area contributed by atoms with Crippen molar-refractivity contribution in [3.8, 4) is 5.75 Å². The molecule has 1 aromatic carbocycles. The van der Waals surface area contributed by atoms with Crippen LogP contribution in [-0.2, 0) is 11.2 Å². The summed E-state index contributed by atoms with van der Waals surface area (Å²) in [4.78, 5) is 26.2. The number of carbonyl (C=O) groups excluding carboxylic acids is 1. The molecule has 0 unspecified atom stereocenters. The molecule has 0 spiro atoms. The zero-order valence-electron chi connectivity index (χ0n) is 10.7. The van der Waals surface area contributed by atoms with E-state index in [1.54, 1.807) is 0 Å². The second kappa shape index (κ2) is 6.00. The van der Waals surface area contributed by atoms with Gasteiger partial charge in [-0.05, 0) is 30.3 Å². The molecule has 1 heterocycles. The van der Waals surface area contributed by atoms with Gasteiger partial charge in [0.2, 0.25) is 5.91 Å². The number of carboxylic acids is 1. The zero-order chi connectivity index (χ0) is 15.4. The highest BCUT2D eigenvalue weighted by molar-refractivity contribution is 5.94. The molecule has 2 aromatic rings. The lowest BCUT2D eigenvalue weighted by molar-refractivity contribution is -0.115. The van der Waals surface area contributed by atoms with Crippen LogP contribution in [-0.4, -0.2) is 27.1 Å². The molecule has 0 bridgehead atoms. The van der Waals surface area contributed by atoms with Crippen LogP contribution in [0.1, 0.15) is 16.1 Å². The summed E-state index contributed by atoms with van der Waals surface area (Å²) >= 11 is 0. The molecule has 0 atom stereocenters. The van der Waals surface area contributed by atoms with Gasteiger partial charge in [0, 0.05) is 17.4 Å². The first-order valence-electron chi connectivity index (χ1n) is 5.92. The van der Waals surface area contributed by atoms with Crippen LogP contribution in [0.15, 0.2) is 36.5 Å². The second-order valence-corrected chi connectivity index (χ2v) is 4.23. The van der Waals surface area contributed by atoms with E-state index in [9.17, 15) is 19.1 Å². The van der Waals surface area contributed by atoms with Crippen molar-refractivity contribution >= 4 is 17.6 Å². The van der Waals surface area contributed by atoms with Crippen molar-refractivity contribution < 1.29 is 24.2 Å². The zero-order valence-corrected chi connectivity index (χ0v) is 10.7. The minimum absolute atomic E-state index is 0.139. The Morgan fingerprint density at radius 1 is 1.24 bits per heavy atom. The van der Waals surface area contributed by atoms with Crippen LogP contribution in [0.25, 0.3) is 0 Å². The lowest BCUT2D eigenvalue weighted by Crippen LogP contribution is -2.15. The number of halogens is 1. The van der Waals surface area contributed by atoms with Gasteiger partial charge >= 0.3 is 5.97 Å². The highest BCUT2D eigenvalue weighted by atomic mass is 19.1. The van der Waals surface area contributed by atoms with Crippen LogP contribution in [0.4, 0.5) is 10.1 Å². The molecule has 2 rings (SSSR count). The first-order chi connectivity index (χ1) is 9.95. The summed E-state index contributed by atoms with van der Waals surface area (Å²) in [6, 6.07) is 5.93. The molecular formula is C14H11FN2O4. The van der Waals surface area contributed by atoms with Crippen LogP contribution in [0.2, 0.25) is 0 Å². The van der Waals surface area contributed by atoms with Gasteiger partial charge in [0.05, 0.1) is 6.42 Å². The van der Waals surface area contributed by atoms with Crippen molar-refractivity contribution in [3.63, 3.8) is 0 Å². The van der Waals surface area contributed by atoms with Gasteiger partial charge in [0.15, 0.2) is 0 Å². The molecule has 0 aliphatic heterocycles. The number of pyridine rings is 1. The summed E-state index contributed by atoms with van der Waals surface area (Å²) in [6.45, 7) is 0. The highest BCUT2D eigenvalue weighted by Crippen LogP contribution is 2.19. The maximum atomic E-state index is 13.0. The smallest absolute Gasteiger partial charge is 0.354 e. The van der Waals surface area contributed by atoms with Crippen LogP contribution >= 0.6 is 0 Å². The third-order valence-corrected chi connectivity index (χ3v) is 2.66. The van der Waals surface area contributed by atoms with E-state index in [0.717, 1.165) is 18.2 Å². The Morgan fingerprint density at radius 2 is 2.00 bits per heavy atom. The maximum absolute atomic E-state index is 13.0. The van der Waals surface area contributed by atoms with E-state index in [-0.39, 0.29) is 29.1 Å². The minimum atomic E-state index is -1.21. The van der Waals surface area contributed by atoms with Crippen molar-refractivity contribution in [1.82, 2.24) is 4.98 Å². The average molecular weight is 290 g/mol. The average Bonchev–Trinajstić information content (AvgIpc) is 2.43. The number of phenols is 1. The summed E-state index contributed by atoms with van der Waals surface area (Å²) in [5.74, 6) is -2.48. The number of phenolic OH excluding ortho intramolecular Hbond substituents is 1. The van der Waals surface area contributed by atoms with Gasteiger partial charge < -0.3 is 15.5 Å². The lowest BCUT2D eigenvalue weighted by atomic mass is 10.1. The normalized spacial score (nSPS) is 10.1. The van der Waals surface area contributed by atoms with Crippen LogP contribution in [0.3, 0.4) is 0 Å². The van der Waals surface area contributed by atoms with Gasteiger partial charge in [-0.3, -0.25) is 4.79 Å². The Balaban J connectivity index is 2.10.